The highest BCUT2D eigenvalue weighted by Gasteiger charge is 2.22. The SMILES string of the molecule is CCCS(=O)(=O)c1ncc(Cl)c(C(=O)Nc2cc([N+](=O)[O-])ccc2C)n1. The molecule has 0 aliphatic carbocycles. The van der Waals surface area contributed by atoms with Crippen molar-refractivity contribution in [2.24, 2.45) is 0 Å². The molecule has 0 fully saturated rings. The van der Waals surface area contributed by atoms with Crippen LogP contribution in [0.15, 0.2) is 29.6 Å². The number of benzene rings is 1. The van der Waals surface area contributed by atoms with Crippen LogP contribution in [-0.4, -0.2) is 35.0 Å². The average Bonchev–Trinajstić information content (AvgIpc) is 2.56. The lowest BCUT2D eigenvalue weighted by Crippen LogP contribution is -2.19. The molecule has 1 aromatic carbocycles. The Morgan fingerprint density at radius 3 is 2.69 bits per heavy atom. The Hall–Kier alpha value is -2.59. The van der Waals surface area contributed by atoms with Crippen molar-refractivity contribution in [1.29, 1.82) is 0 Å². The predicted octanol–water partition coefficient (Wildman–Crippen LogP) is 2.78. The first-order chi connectivity index (χ1) is 12.2. The molecule has 0 spiro atoms. The van der Waals surface area contributed by atoms with E-state index in [1.807, 2.05) is 0 Å². The standard InChI is InChI=1S/C15H15ClN4O5S/c1-3-6-26(24,25)15-17-8-11(16)13(19-15)14(21)18-12-7-10(20(22)23)5-4-9(12)2/h4-5,7-8H,3,6H2,1-2H3,(H,18,21). The number of non-ortho nitro benzene ring substituents is 1. The number of halogens is 1. The number of amides is 1. The maximum absolute atomic E-state index is 12.5. The van der Waals surface area contributed by atoms with E-state index in [1.54, 1.807) is 13.8 Å². The fourth-order valence-corrected chi connectivity index (χ4v) is 3.40. The summed E-state index contributed by atoms with van der Waals surface area (Å²) in [5.74, 6) is -0.964. The molecule has 0 bridgehead atoms. The molecule has 9 nitrogen and oxygen atoms in total. The van der Waals surface area contributed by atoms with Crippen molar-refractivity contribution in [3.63, 3.8) is 0 Å². The second-order valence-corrected chi connectivity index (χ2v) is 7.79. The van der Waals surface area contributed by atoms with Crippen LogP contribution in [0.1, 0.15) is 29.4 Å². The summed E-state index contributed by atoms with van der Waals surface area (Å²) in [4.78, 5) is 30.2. The van der Waals surface area contributed by atoms with Crippen LogP contribution in [0.3, 0.4) is 0 Å². The van der Waals surface area contributed by atoms with Gasteiger partial charge in [-0.05, 0) is 18.9 Å². The van der Waals surface area contributed by atoms with Gasteiger partial charge in [0.1, 0.15) is 0 Å². The van der Waals surface area contributed by atoms with Gasteiger partial charge in [-0.15, -0.1) is 0 Å². The van der Waals surface area contributed by atoms with Gasteiger partial charge < -0.3 is 5.32 Å². The first-order valence-electron chi connectivity index (χ1n) is 7.47. The van der Waals surface area contributed by atoms with Crippen LogP contribution in [0.5, 0.6) is 0 Å². The van der Waals surface area contributed by atoms with Crippen LogP contribution in [0.25, 0.3) is 0 Å². The predicted molar refractivity (Wildman–Crippen MR) is 95.2 cm³/mol. The van der Waals surface area contributed by atoms with Crippen LogP contribution in [0, 0.1) is 17.0 Å². The Balaban J connectivity index is 2.39. The monoisotopic (exact) mass is 398 g/mol. The molecule has 2 rings (SSSR count). The number of nitrogens with zero attached hydrogens (tertiary/aromatic N) is 3. The van der Waals surface area contributed by atoms with E-state index < -0.39 is 25.8 Å². The summed E-state index contributed by atoms with van der Waals surface area (Å²) in [7, 11) is -3.73. The van der Waals surface area contributed by atoms with Crippen molar-refractivity contribution in [2.45, 2.75) is 25.4 Å². The molecule has 0 saturated heterocycles. The molecular weight excluding hydrogens is 384 g/mol. The van der Waals surface area contributed by atoms with Gasteiger partial charge >= 0.3 is 0 Å². The van der Waals surface area contributed by atoms with E-state index in [2.05, 4.69) is 15.3 Å². The fraction of sp³-hybridized carbons (Fsp3) is 0.267. The number of nitrogens with one attached hydrogen (secondary N) is 1. The molecule has 0 atom stereocenters. The number of rotatable bonds is 6. The first-order valence-corrected chi connectivity index (χ1v) is 9.50. The largest absolute Gasteiger partial charge is 0.320 e. The van der Waals surface area contributed by atoms with Gasteiger partial charge in [0.15, 0.2) is 5.69 Å². The normalized spacial score (nSPS) is 11.2. The van der Waals surface area contributed by atoms with Crippen LogP contribution < -0.4 is 5.32 Å². The molecule has 0 aliphatic rings. The number of anilines is 1. The molecule has 26 heavy (non-hydrogen) atoms. The average molecular weight is 399 g/mol. The minimum Gasteiger partial charge on any atom is -0.320 e. The summed E-state index contributed by atoms with van der Waals surface area (Å²) in [5, 5.41) is 12.7. The molecule has 0 saturated carbocycles. The molecule has 0 aliphatic heterocycles. The molecule has 1 N–H and O–H groups in total. The van der Waals surface area contributed by atoms with E-state index in [9.17, 15) is 23.3 Å². The molecule has 0 unspecified atom stereocenters. The fourth-order valence-electron chi connectivity index (χ4n) is 2.06. The third-order valence-electron chi connectivity index (χ3n) is 3.37. The zero-order chi connectivity index (χ0) is 19.5. The molecule has 1 heterocycles. The van der Waals surface area contributed by atoms with Gasteiger partial charge in [0.05, 0.1) is 27.6 Å². The van der Waals surface area contributed by atoms with Crippen LogP contribution in [-0.2, 0) is 9.84 Å². The second-order valence-electron chi connectivity index (χ2n) is 5.38. The van der Waals surface area contributed by atoms with Gasteiger partial charge in [-0.1, -0.05) is 24.6 Å². The topological polar surface area (TPSA) is 132 Å². The van der Waals surface area contributed by atoms with Gasteiger partial charge in [-0.25, -0.2) is 18.4 Å². The van der Waals surface area contributed by atoms with Gasteiger partial charge in [0.2, 0.25) is 15.0 Å². The summed E-state index contributed by atoms with van der Waals surface area (Å²) < 4.78 is 24.2. The van der Waals surface area contributed by atoms with Crippen molar-refractivity contribution in [3.05, 3.63) is 50.8 Å². The summed E-state index contributed by atoms with van der Waals surface area (Å²) in [6.07, 6.45) is 1.40. The molecule has 138 valence electrons. The van der Waals surface area contributed by atoms with E-state index in [-0.39, 0.29) is 27.8 Å². The van der Waals surface area contributed by atoms with Gasteiger partial charge in [-0.3, -0.25) is 14.9 Å². The van der Waals surface area contributed by atoms with Crippen molar-refractivity contribution < 1.29 is 18.1 Å². The maximum Gasteiger partial charge on any atom is 0.275 e. The van der Waals surface area contributed by atoms with Gasteiger partial charge in [0, 0.05) is 12.1 Å². The number of carbonyl (C=O) groups excluding carboxylic acids is 1. The van der Waals surface area contributed by atoms with Crippen LogP contribution in [0.4, 0.5) is 11.4 Å². The van der Waals surface area contributed by atoms with E-state index in [0.717, 1.165) is 6.20 Å². The Bertz CT molecular complexity index is 978. The Morgan fingerprint density at radius 1 is 1.38 bits per heavy atom. The third-order valence-corrected chi connectivity index (χ3v) is 5.34. The van der Waals surface area contributed by atoms with Gasteiger partial charge in [-0.2, -0.15) is 0 Å². The molecule has 11 heteroatoms. The molecule has 1 amide bonds. The Morgan fingerprint density at radius 2 is 2.08 bits per heavy atom. The lowest BCUT2D eigenvalue weighted by atomic mass is 10.1. The number of carbonyl (C=O) groups is 1. The number of sulfone groups is 1. The first kappa shape index (κ1) is 19.7. The molecular formula is C15H15ClN4O5S. The number of hydrogen-bond donors (Lipinski definition) is 1. The zero-order valence-corrected chi connectivity index (χ0v) is 15.5. The van der Waals surface area contributed by atoms with Crippen molar-refractivity contribution in [2.75, 3.05) is 11.1 Å². The van der Waals surface area contributed by atoms with Crippen LogP contribution >= 0.6 is 11.6 Å². The number of aromatic nitrogens is 2. The van der Waals surface area contributed by atoms with E-state index in [4.69, 9.17) is 11.6 Å². The Labute approximate surface area is 154 Å². The summed E-state index contributed by atoms with van der Waals surface area (Å²) >= 11 is 5.92. The highest BCUT2D eigenvalue weighted by molar-refractivity contribution is 7.91. The number of nitro benzene ring substituents is 1. The number of nitro groups is 1. The zero-order valence-electron chi connectivity index (χ0n) is 13.9. The van der Waals surface area contributed by atoms with Crippen molar-refractivity contribution in [1.82, 2.24) is 9.97 Å². The summed E-state index contributed by atoms with van der Waals surface area (Å²) in [6.45, 7) is 3.34. The van der Waals surface area contributed by atoms with Gasteiger partial charge in [0.25, 0.3) is 11.6 Å². The quantitative estimate of drug-likeness (QED) is 0.449. The number of hydrogen-bond acceptors (Lipinski definition) is 7. The van der Waals surface area contributed by atoms with Crippen LogP contribution in [0.2, 0.25) is 5.02 Å². The minimum absolute atomic E-state index is 0.138. The van der Waals surface area contributed by atoms with E-state index in [1.165, 1.54) is 18.2 Å². The minimum atomic E-state index is -3.73. The van der Waals surface area contributed by atoms with Crippen molar-refractivity contribution >= 4 is 38.7 Å². The van der Waals surface area contributed by atoms with E-state index in [0.29, 0.717) is 12.0 Å². The molecule has 1 aromatic heterocycles. The molecule has 2 aromatic rings. The van der Waals surface area contributed by atoms with Crippen molar-refractivity contribution in [3.8, 4) is 0 Å². The smallest absolute Gasteiger partial charge is 0.275 e. The maximum atomic E-state index is 12.5. The van der Waals surface area contributed by atoms with E-state index >= 15 is 0 Å². The Kier molecular flexibility index (Phi) is 5.88. The lowest BCUT2D eigenvalue weighted by molar-refractivity contribution is -0.384. The highest BCUT2D eigenvalue weighted by Crippen LogP contribution is 2.23. The second kappa shape index (κ2) is 7.75. The highest BCUT2D eigenvalue weighted by atomic mass is 35.5. The number of aryl methyl sites for hydroxylation is 1. The third kappa shape index (κ3) is 4.33. The molecule has 0 radical (unpaired) electrons. The summed E-state index contributed by atoms with van der Waals surface area (Å²) in [6, 6.07) is 3.97. The summed E-state index contributed by atoms with van der Waals surface area (Å²) in [5.41, 5.74) is 0.234. The lowest BCUT2D eigenvalue weighted by Gasteiger charge is -2.09.